The monoisotopic (exact) mass is 261 g/mol. The Kier molecular flexibility index (Phi) is 5.36. The number of rotatable bonds is 5. The predicted octanol–water partition coefficient (Wildman–Crippen LogP) is 0.639. The zero-order chi connectivity index (χ0) is 13.5. The minimum absolute atomic E-state index is 0.0190. The quantitative estimate of drug-likeness (QED) is 0.817. The molecule has 0 saturated carbocycles. The third kappa shape index (κ3) is 4.04. The van der Waals surface area contributed by atoms with Crippen molar-refractivity contribution in [1.29, 1.82) is 0 Å². The zero-order valence-corrected chi connectivity index (χ0v) is 11.6. The van der Waals surface area contributed by atoms with E-state index in [2.05, 4.69) is 39.8 Å². The molecule has 0 aliphatic carbocycles. The van der Waals surface area contributed by atoms with Crippen LogP contribution in [-0.2, 0) is 11.2 Å². The van der Waals surface area contributed by atoms with Crippen molar-refractivity contribution in [2.75, 3.05) is 33.2 Å². The Labute approximate surface area is 115 Å². The number of hydrogen-bond donors (Lipinski definition) is 2. The molecular weight excluding hydrogens is 238 g/mol. The van der Waals surface area contributed by atoms with Gasteiger partial charge in [-0.1, -0.05) is 30.3 Å². The average Bonchev–Trinajstić information content (AvgIpc) is 2.48. The highest BCUT2D eigenvalue weighted by molar-refractivity contribution is 5.81. The molecule has 1 atom stereocenters. The van der Waals surface area contributed by atoms with Gasteiger partial charge in [0, 0.05) is 26.7 Å². The van der Waals surface area contributed by atoms with Crippen LogP contribution in [0.1, 0.15) is 12.0 Å². The van der Waals surface area contributed by atoms with Crippen molar-refractivity contribution in [2.45, 2.75) is 18.9 Å². The van der Waals surface area contributed by atoms with Crippen LogP contribution in [0, 0.1) is 0 Å². The molecule has 1 aromatic carbocycles. The maximum Gasteiger partial charge on any atom is 0.238 e. The number of amides is 1. The van der Waals surface area contributed by atoms with Crippen LogP contribution in [0.5, 0.6) is 0 Å². The van der Waals surface area contributed by atoms with Crippen molar-refractivity contribution in [3.8, 4) is 0 Å². The molecule has 0 bridgehead atoms. The first-order valence-electron chi connectivity index (χ1n) is 7.01. The van der Waals surface area contributed by atoms with Gasteiger partial charge in [-0.2, -0.15) is 0 Å². The molecule has 1 saturated heterocycles. The lowest BCUT2D eigenvalue weighted by Gasteiger charge is -2.34. The predicted molar refractivity (Wildman–Crippen MR) is 77.1 cm³/mol. The van der Waals surface area contributed by atoms with E-state index in [1.165, 1.54) is 5.56 Å². The second-order valence-electron chi connectivity index (χ2n) is 4.96. The SMILES string of the molecule is CNC(=O)C1CNCCN1CCCc1ccccc1. The molecule has 4 nitrogen and oxygen atoms in total. The summed E-state index contributed by atoms with van der Waals surface area (Å²) >= 11 is 0. The summed E-state index contributed by atoms with van der Waals surface area (Å²) in [4.78, 5) is 14.1. The summed E-state index contributed by atoms with van der Waals surface area (Å²) in [6.07, 6.45) is 2.17. The van der Waals surface area contributed by atoms with E-state index < -0.39 is 0 Å². The topological polar surface area (TPSA) is 44.4 Å². The summed E-state index contributed by atoms with van der Waals surface area (Å²) in [5.41, 5.74) is 1.37. The van der Waals surface area contributed by atoms with Crippen LogP contribution in [0.3, 0.4) is 0 Å². The van der Waals surface area contributed by atoms with Gasteiger partial charge in [0.1, 0.15) is 6.04 Å². The highest BCUT2D eigenvalue weighted by Gasteiger charge is 2.27. The molecule has 1 aliphatic rings. The third-order valence-corrected chi connectivity index (χ3v) is 3.66. The van der Waals surface area contributed by atoms with Crippen LogP contribution in [0.25, 0.3) is 0 Å². The first-order valence-corrected chi connectivity index (χ1v) is 7.01. The molecule has 0 radical (unpaired) electrons. The van der Waals surface area contributed by atoms with E-state index in [9.17, 15) is 4.79 Å². The Hall–Kier alpha value is -1.39. The summed E-state index contributed by atoms with van der Waals surface area (Å²) in [6, 6.07) is 10.5. The largest absolute Gasteiger partial charge is 0.358 e. The Balaban J connectivity index is 1.81. The fraction of sp³-hybridized carbons (Fsp3) is 0.533. The maximum absolute atomic E-state index is 11.8. The molecule has 0 aromatic heterocycles. The highest BCUT2D eigenvalue weighted by Crippen LogP contribution is 2.08. The van der Waals surface area contributed by atoms with Crippen molar-refractivity contribution in [3.05, 3.63) is 35.9 Å². The molecule has 1 unspecified atom stereocenters. The molecule has 1 fully saturated rings. The number of carbonyl (C=O) groups excluding carboxylic acids is 1. The standard InChI is InChI=1S/C15H23N3O/c1-16-15(19)14-12-17-9-11-18(14)10-5-8-13-6-3-2-4-7-13/h2-4,6-7,14,17H,5,8-12H2,1H3,(H,16,19). The van der Waals surface area contributed by atoms with E-state index in [1.54, 1.807) is 7.05 Å². The minimum Gasteiger partial charge on any atom is -0.358 e. The number of nitrogens with zero attached hydrogens (tertiary/aromatic N) is 1. The summed E-state index contributed by atoms with van der Waals surface area (Å²) in [5.74, 6) is 0.118. The van der Waals surface area contributed by atoms with Crippen molar-refractivity contribution >= 4 is 5.91 Å². The molecule has 0 spiro atoms. The van der Waals surface area contributed by atoms with Crippen molar-refractivity contribution < 1.29 is 4.79 Å². The van der Waals surface area contributed by atoms with E-state index in [4.69, 9.17) is 0 Å². The number of carbonyl (C=O) groups is 1. The summed E-state index contributed by atoms with van der Waals surface area (Å²) in [5, 5.41) is 6.04. The van der Waals surface area contributed by atoms with Crippen LogP contribution < -0.4 is 10.6 Å². The van der Waals surface area contributed by atoms with E-state index in [-0.39, 0.29) is 11.9 Å². The number of likely N-dealkylation sites (N-methyl/N-ethyl adjacent to an activating group) is 1. The molecule has 104 valence electrons. The van der Waals surface area contributed by atoms with Crippen LogP contribution >= 0.6 is 0 Å². The molecule has 4 heteroatoms. The lowest BCUT2D eigenvalue weighted by Crippen LogP contribution is -2.57. The van der Waals surface area contributed by atoms with Crippen LogP contribution in [0.15, 0.2) is 30.3 Å². The Morgan fingerprint density at radius 1 is 1.42 bits per heavy atom. The zero-order valence-electron chi connectivity index (χ0n) is 11.6. The Morgan fingerprint density at radius 2 is 2.21 bits per heavy atom. The second-order valence-corrected chi connectivity index (χ2v) is 4.96. The van der Waals surface area contributed by atoms with E-state index >= 15 is 0 Å². The fourth-order valence-corrected chi connectivity index (χ4v) is 2.57. The summed E-state index contributed by atoms with van der Waals surface area (Å²) in [6.45, 7) is 3.66. The molecule has 1 amide bonds. The first kappa shape index (κ1) is 14.0. The molecule has 1 heterocycles. The summed E-state index contributed by atoms with van der Waals surface area (Å²) in [7, 11) is 1.71. The highest BCUT2D eigenvalue weighted by atomic mass is 16.2. The van der Waals surface area contributed by atoms with Crippen LogP contribution in [0.4, 0.5) is 0 Å². The van der Waals surface area contributed by atoms with E-state index in [0.717, 1.165) is 39.0 Å². The normalized spacial score (nSPS) is 20.2. The number of nitrogens with one attached hydrogen (secondary N) is 2. The molecule has 2 N–H and O–H groups in total. The number of aryl methyl sites for hydroxylation is 1. The molecule has 1 aromatic rings. The van der Waals surface area contributed by atoms with Gasteiger partial charge in [0.25, 0.3) is 0 Å². The van der Waals surface area contributed by atoms with Gasteiger partial charge in [0.05, 0.1) is 0 Å². The minimum atomic E-state index is -0.0190. The van der Waals surface area contributed by atoms with Crippen molar-refractivity contribution in [3.63, 3.8) is 0 Å². The second kappa shape index (κ2) is 7.26. The number of benzene rings is 1. The van der Waals surface area contributed by atoms with Gasteiger partial charge in [-0.3, -0.25) is 9.69 Å². The maximum atomic E-state index is 11.8. The van der Waals surface area contributed by atoms with Gasteiger partial charge in [0.2, 0.25) is 5.91 Å². The molecule has 1 aliphatic heterocycles. The smallest absolute Gasteiger partial charge is 0.238 e. The van der Waals surface area contributed by atoms with E-state index in [0.29, 0.717) is 0 Å². The van der Waals surface area contributed by atoms with E-state index in [1.807, 2.05) is 6.07 Å². The van der Waals surface area contributed by atoms with Crippen molar-refractivity contribution in [1.82, 2.24) is 15.5 Å². The van der Waals surface area contributed by atoms with Gasteiger partial charge in [-0.05, 0) is 24.9 Å². The fourth-order valence-electron chi connectivity index (χ4n) is 2.57. The van der Waals surface area contributed by atoms with Gasteiger partial charge in [0.15, 0.2) is 0 Å². The number of hydrogen-bond acceptors (Lipinski definition) is 3. The summed E-state index contributed by atoms with van der Waals surface area (Å²) < 4.78 is 0. The van der Waals surface area contributed by atoms with Crippen molar-refractivity contribution in [2.24, 2.45) is 0 Å². The molecule has 2 rings (SSSR count). The number of piperazine rings is 1. The van der Waals surface area contributed by atoms with Crippen LogP contribution in [0.2, 0.25) is 0 Å². The molecule has 19 heavy (non-hydrogen) atoms. The molecular formula is C15H23N3O. The Bertz CT molecular complexity index is 394. The Morgan fingerprint density at radius 3 is 2.95 bits per heavy atom. The average molecular weight is 261 g/mol. The van der Waals surface area contributed by atoms with Gasteiger partial charge in [-0.15, -0.1) is 0 Å². The lowest BCUT2D eigenvalue weighted by molar-refractivity contribution is -0.126. The van der Waals surface area contributed by atoms with Gasteiger partial charge < -0.3 is 10.6 Å². The van der Waals surface area contributed by atoms with Gasteiger partial charge in [-0.25, -0.2) is 0 Å². The van der Waals surface area contributed by atoms with Gasteiger partial charge >= 0.3 is 0 Å². The lowest BCUT2D eigenvalue weighted by atomic mass is 10.1. The third-order valence-electron chi connectivity index (χ3n) is 3.66. The van der Waals surface area contributed by atoms with Crippen LogP contribution in [-0.4, -0.2) is 50.1 Å². The first-order chi connectivity index (χ1) is 9.31.